The van der Waals surface area contributed by atoms with Crippen LogP contribution in [0, 0.1) is 5.92 Å². The first kappa shape index (κ1) is 20.9. The van der Waals surface area contributed by atoms with Gasteiger partial charge in [0, 0.05) is 25.2 Å². The summed E-state index contributed by atoms with van der Waals surface area (Å²) in [7, 11) is 0. The monoisotopic (exact) mass is 424 g/mol. The zero-order valence-electron chi connectivity index (χ0n) is 18.1. The molecule has 1 saturated heterocycles. The molecule has 1 aromatic carbocycles. The fourth-order valence-corrected chi connectivity index (χ4v) is 3.82. The van der Waals surface area contributed by atoms with Crippen LogP contribution in [0.4, 0.5) is 10.6 Å². The maximum absolute atomic E-state index is 12.3. The van der Waals surface area contributed by atoms with Gasteiger partial charge in [0.2, 0.25) is 0 Å². The first-order valence-corrected chi connectivity index (χ1v) is 10.5. The van der Waals surface area contributed by atoms with Crippen molar-refractivity contribution < 1.29 is 14.6 Å². The Labute approximate surface area is 180 Å². The predicted octanol–water partition coefficient (Wildman–Crippen LogP) is 3.43. The zero-order chi connectivity index (χ0) is 22.2. The lowest BCUT2D eigenvalue weighted by Crippen LogP contribution is -2.42. The Hall–Kier alpha value is -3.36. The Morgan fingerprint density at radius 3 is 2.61 bits per heavy atom. The number of aromatic hydroxyl groups is 1. The summed E-state index contributed by atoms with van der Waals surface area (Å²) in [5.41, 5.74) is 8.07. The van der Waals surface area contributed by atoms with Crippen LogP contribution in [0.2, 0.25) is 0 Å². The number of phenolic OH excluding ortho intramolecular Hbond substituents is 1. The molecule has 164 valence electrons. The minimum absolute atomic E-state index is 0.143. The summed E-state index contributed by atoms with van der Waals surface area (Å²) in [6.45, 7) is 7.59. The summed E-state index contributed by atoms with van der Waals surface area (Å²) in [6.07, 6.45) is 1.44. The van der Waals surface area contributed by atoms with Crippen LogP contribution in [0.5, 0.6) is 5.75 Å². The third kappa shape index (κ3) is 4.55. The molecule has 4 rings (SSSR count). The number of benzene rings is 1. The number of hydrogen-bond donors (Lipinski definition) is 2. The molecule has 1 aliphatic heterocycles. The normalized spacial score (nSPS) is 15.4. The van der Waals surface area contributed by atoms with Crippen molar-refractivity contribution in [1.29, 1.82) is 0 Å². The smallest absolute Gasteiger partial charge is 0.410 e. The van der Waals surface area contributed by atoms with Crippen molar-refractivity contribution in [2.75, 3.05) is 18.8 Å². The Morgan fingerprint density at radius 1 is 1.23 bits per heavy atom. The van der Waals surface area contributed by atoms with E-state index in [1.54, 1.807) is 23.1 Å². The molecule has 1 aliphatic rings. The molecule has 9 nitrogen and oxygen atoms in total. The van der Waals surface area contributed by atoms with E-state index < -0.39 is 5.60 Å². The minimum atomic E-state index is -0.495. The highest BCUT2D eigenvalue weighted by Crippen LogP contribution is 2.30. The summed E-state index contributed by atoms with van der Waals surface area (Å²) in [5, 5.41) is 23.1. The Bertz CT molecular complexity index is 1100. The zero-order valence-corrected chi connectivity index (χ0v) is 18.1. The highest BCUT2D eigenvalue weighted by molar-refractivity contribution is 5.87. The molecule has 0 aliphatic carbocycles. The van der Waals surface area contributed by atoms with Crippen molar-refractivity contribution in [3.05, 3.63) is 30.3 Å². The van der Waals surface area contributed by atoms with Crippen molar-refractivity contribution in [3.63, 3.8) is 0 Å². The summed E-state index contributed by atoms with van der Waals surface area (Å²) in [5.74, 6) is 0.824. The second-order valence-electron chi connectivity index (χ2n) is 8.96. The van der Waals surface area contributed by atoms with Gasteiger partial charge in [-0.05, 0) is 57.7 Å². The van der Waals surface area contributed by atoms with Crippen molar-refractivity contribution >= 4 is 22.9 Å². The molecule has 0 spiro atoms. The van der Waals surface area contributed by atoms with E-state index in [-0.39, 0.29) is 11.8 Å². The van der Waals surface area contributed by atoms with E-state index in [0.717, 1.165) is 18.4 Å². The molecule has 3 aromatic rings. The molecule has 3 N–H and O–H groups in total. The molecular formula is C22H28N6O3. The molecule has 1 amide bonds. The quantitative estimate of drug-likeness (QED) is 0.661. The average Bonchev–Trinajstić information content (AvgIpc) is 3.02. The molecule has 3 heterocycles. The number of likely N-dealkylation sites (tertiary alicyclic amines) is 1. The first-order chi connectivity index (χ1) is 14.7. The maximum Gasteiger partial charge on any atom is 0.410 e. The minimum Gasteiger partial charge on any atom is -0.507 e. The molecule has 0 atom stereocenters. The van der Waals surface area contributed by atoms with Gasteiger partial charge in [-0.15, -0.1) is 10.2 Å². The van der Waals surface area contributed by atoms with E-state index in [0.29, 0.717) is 48.1 Å². The van der Waals surface area contributed by atoms with Crippen molar-refractivity contribution in [2.45, 2.75) is 45.8 Å². The Kier molecular flexibility index (Phi) is 5.43. The summed E-state index contributed by atoms with van der Waals surface area (Å²) in [6, 6.07) is 8.87. The number of anilines is 1. The van der Waals surface area contributed by atoms with Crippen LogP contribution < -0.4 is 5.73 Å². The standard InChI is InChI=1S/C22H28N6O3/c1-22(2,3)31-21(30)27-10-8-14(9-11-27)13-28-17-12-16(15-6-4-5-7-18(15)29)24-25-19(17)20(23)26-28/h4-7,12,14,29H,8-11,13H2,1-3H3,(H2,23,26). The lowest BCUT2D eigenvalue weighted by Gasteiger charge is -2.33. The van der Waals surface area contributed by atoms with Crippen molar-refractivity contribution in [3.8, 4) is 17.0 Å². The van der Waals surface area contributed by atoms with Gasteiger partial charge in [0.25, 0.3) is 0 Å². The average molecular weight is 425 g/mol. The van der Waals surface area contributed by atoms with E-state index in [2.05, 4.69) is 15.3 Å². The number of aromatic nitrogens is 4. The number of rotatable bonds is 3. The number of fused-ring (bicyclic) bond motifs is 1. The molecule has 0 saturated carbocycles. The van der Waals surface area contributed by atoms with Crippen LogP contribution in [0.3, 0.4) is 0 Å². The summed E-state index contributed by atoms with van der Waals surface area (Å²) < 4.78 is 7.33. The number of nitrogens with zero attached hydrogens (tertiary/aromatic N) is 5. The molecule has 0 bridgehead atoms. The van der Waals surface area contributed by atoms with Gasteiger partial charge in [-0.1, -0.05) is 12.1 Å². The van der Waals surface area contributed by atoms with Crippen LogP contribution in [0.25, 0.3) is 22.3 Å². The third-order valence-corrected chi connectivity index (χ3v) is 5.40. The second kappa shape index (κ2) is 8.05. The summed E-state index contributed by atoms with van der Waals surface area (Å²) >= 11 is 0. The highest BCUT2D eigenvalue weighted by Gasteiger charge is 2.27. The number of carbonyl (C=O) groups excluding carboxylic acids is 1. The number of nitrogen functional groups attached to an aromatic ring is 1. The molecule has 2 aromatic heterocycles. The van der Waals surface area contributed by atoms with E-state index in [9.17, 15) is 9.90 Å². The molecule has 0 radical (unpaired) electrons. The molecule has 0 unspecified atom stereocenters. The topological polar surface area (TPSA) is 119 Å². The number of ether oxygens (including phenoxy) is 1. The largest absolute Gasteiger partial charge is 0.507 e. The van der Waals surface area contributed by atoms with E-state index in [4.69, 9.17) is 10.5 Å². The number of amides is 1. The van der Waals surface area contributed by atoms with Gasteiger partial charge in [-0.25, -0.2) is 4.79 Å². The van der Waals surface area contributed by atoms with Crippen LogP contribution in [-0.2, 0) is 11.3 Å². The van der Waals surface area contributed by atoms with Gasteiger partial charge in [-0.3, -0.25) is 4.68 Å². The Balaban J connectivity index is 1.50. The van der Waals surface area contributed by atoms with Crippen LogP contribution >= 0.6 is 0 Å². The van der Waals surface area contributed by atoms with Gasteiger partial charge in [0.05, 0.1) is 11.2 Å². The van der Waals surface area contributed by atoms with Gasteiger partial charge in [-0.2, -0.15) is 5.10 Å². The molecule has 9 heteroatoms. The van der Waals surface area contributed by atoms with E-state index >= 15 is 0 Å². The SMILES string of the molecule is CC(C)(C)OC(=O)N1CCC(Cn2nc(N)c3nnc(-c4ccccc4O)cc32)CC1. The lowest BCUT2D eigenvalue weighted by atomic mass is 9.97. The first-order valence-electron chi connectivity index (χ1n) is 10.5. The number of piperidine rings is 1. The van der Waals surface area contributed by atoms with E-state index in [1.807, 2.05) is 37.6 Å². The number of para-hydroxylation sites is 1. The lowest BCUT2D eigenvalue weighted by molar-refractivity contribution is 0.0177. The number of hydrogen-bond acceptors (Lipinski definition) is 7. The summed E-state index contributed by atoms with van der Waals surface area (Å²) in [4.78, 5) is 14.1. The molecule has 31 heavy (non-hydrogen) atoms. The Morgan fingerprint density at radius 2 is 1.94 bits per heavy atom. The number of phenols is 1. The number of carbonyl (C=O) groups is 1. The van der Waals surface area contributed by atoms with Crippen LogP contribution in [-0.4, -0.2) is 54.8 Å². The maximum atomic E-state index is 12.3. The van der Waals surface area contributed by atoms with E-state index in [1.165, 1.54) is 0 Å². The molecular weight excluding hydrogens is 396 g/mol. The second-order valence-corrected chi connectivity index (χ2v) is 8.96. The van der Waals surface area contributed by atoms with Gasteiger partial charge < -0.3 is 20.5 Å². The van der Waals surface area contributed by atoms with Crippen LogP contribution in [0.1, 0.15) is 33.6 Å². The van der Waals surface area contributed by atoms with Crippen LogP contribution in [0.15, 0.2) is 30.3 Å². The van der Waals surface area contributed by atoms with Gasteiger partial charge in [0.1, 0.15) is 11.4 Å². The molecule has 1 fully saturated rings. The number of nitrogens with two attached hydrogens (primary N) is 1. The van der Waals surface area contributed by atoms with Crippen molar-refractivity contribution in [1.82, 2.24) is 24.9 Å². The van der Waals surface area contributed by atoms with Gasteiger partial charge in [0.15, 0.2) is 11.3 Å². The highest BCUT2D eigenvalue weighted by atomic mass is 16.6. The van der Waals surface area contributed by atoms with Crippen molar-refractivity contribution in [2.24, 2.45) is 5.92 Å². The predicted molar refractivity (Wildman–Crippen MR) is 117 cm³/mol. The third-order valence-electron chi connectivity index (χ3n) is 5.40. The van der Waals surface area contributed by atoms with Gasteiger partial charge >= 0.3 is 6.09 Å². The fraction of sp³-hybridized carbons (Fsp3) is 0.455. The fourth-order valence-electron chi connectivity index (χ4n) is 3.82.